The molecule has 30 heavy (non-hydrogen) atoms. The van der Waals surface area contributed by atoms with Crippen molar-refractivity contribution in [3.05, 3.63) is 0 Å². The molecule has 2 fully saturated rings. The summed E-state index contributed by atoms with van der Waals surface area (Å²) in [6, 6.07) is 0.0633. The first-order valence-corrected chi connectivity index (χ1v) is 10.7. The summed E-state index contributed by atoms with van der Waals surface area (Å²) in [5.74, 6) is 1.05. The highest BCUT2D eigenvalue weighted by atomic mass is 127. The van der Waals surface area contributed by atoms with E-state index < -0.39 is 5.60 Å². The van der Waals surface area contributed by atoms with Crippen LogP contribution in [0.15, 0.2) is 4.99 Å². The monoisotopic (exact) mass is 538 g/mol. The van der Waals surface area contributed by atoms with E-state index in [2.05, 4.69) is 27.4 Å². The first-order valence-electron chi connectivity index (χ1n) is 10.7. The van der Waals surface area contributed by atoms with Gasteiger partial charge < -0.3 is 25.2 Å². The van der Waals surface area contributed by atoms with Gasteiger partial charge in [-0.25, -0.2) is 4.79 Å². The highest BCUT2D eigenvalue weighted by molar-refractivity contribution is 14.0. The Morgan fingerprint density at radius 1 is 1.10 bits per heavy atom. The van der Waals surface area contributed by atoms with Crippen LogP contribution >= 0.6 is 24.0 Å². The zero-order valence-corrected chi connectivity index (χ0v) is 21.4. The number of guanidine groups is 1. The van der Waals surface area contributed by atoms with Crippen LogP contribution in [-0.2, 0) is 9.53 Å². The Labute approximate surface area is 198 Å². The van der Waals surface area contributed by atoms with E-state index in [0.29, 0.717) is 6.54 Å². The van der Waals surface area contributed by atoms with E-state index in [1.807, 2.05) is 25.7 Å². The smallest absolute Gasteiger partial charge is 0.407 e. The first-order chi connectivity index (χ1) is 13.7. The Morgan fingerprint density at radius 3 is 2.33 bits per heavy atom. The van der Waals surface area contributed by atoms with Crippen molar-refractivity contribution in [1.29, 1.82) is 0 Å². The van der Waals surface area contributed by atoms with E-state index in [1.165, 1.54) is 0 Å². The lowest BCUT2D eigenvalue weighted by Crippen LogP contribution is -2.48. The molecule has 2 N–H and O–H groups in total. The number of amides is 2. The highest BCUT2D eigenvalue weighted by Crippen LogP contribution is 2.12. The topological polar surface area (TPSA) is 89.5 Å². The predicted octanol–water partition coefficient (Wildman–Crippen LogP) is 1.33. The summed E-state index contributed by atoms with van der Waals surface area (Å²) in [5, 5.41) is 6.31. The number of alkyl carbamates (subject to hydrolysis) is 1. The molecule has 0 aromatic rings. The molecule has 2 aliphatic rings. The number of likely N-dealkylation sites (tertiary alicyclic amines) is 1. The minimum Gasteiger partial charge on any atom is -0.444 e. The van der Waals surface area contributed by atoms with Crippen LogP contribution in [0.2, 0.25) is 0 Å². The van der Waals surface area contributed by atoms with Crippen LogP contribution in [0.4, 0.5) is 4.79 Å². The molecule has 1 unspecified atom stereocenters. The molecule has 2 rings (SSSR count). The van der Waals surface area contributed by atoms with Gasteiger partial charge in [0.25, 0.3) is 0 Å². The molecular weight excluding hydrogens is 499 g/mol. The molecule has 0 spiro atoms. The van der Waals surface area contributed by atoms with Crippen molar-refractivity contribution in [2.75, 3.05) is 58.9 Å². The van der Waals surface area contributed by atoms with Gasteiger partial charge in [0, 0.05) is 59.3 Å². The van der Waals surface area contributed by atoms with Gasteiger partial charge in [0.15, 0.2) is 5.96 Å². The highest BCUT2D eigenvalue weighted by Gasteiger charge is 2.28. The molecule has 10 heteroatoms. The van der Waals surface area contributed by atoms with E-state index in [1.54, 1.807) is 6.92 Å². The molecule has 174 valence electrons. The van der Waals surface area contributed by atoms with Crippen molar-refractivity contribution >= 4 is 41.9 Å². The predicted molar refractivity (Wildman–Crippen MR) is 129 cm³/mol. The molecule has 0 saturated carbocycles. The molecule has 0 aliphatic carbocycles. The Kier molecular flexibility index (Phi) is 11.2. The van der Waals surface area contributed by atoms with Crippen LogP contribution in [0.3, 0.4) is 0 Å². The van der Waals surface area contributed by atoms with Gasteiger partial charge in [0.1, 0.15) is 5.60 Å². The number of hydrogen-bond acceptors (Lipinski definition) is 5. The third-order valence-electron chi connectivity index (χ3n) is 5.04. The lowest BCUT2D eigenvalue weighted by molar-refractivity contribution is -0.130. The van der Waals surface area contributed by atoms with Gasteiger partial charge in [-0.3, -0.25) is 14.7 Å². The van der Waals surface area contributed by atoms with E-state index in [-0.39, 0.29) is 42.0 Å². The van der Waals surface area contributed by atoms with E-state index >= 15 is 0 Å². The average Bonchev–Trinajstić information content (AvgIpc) is 3.08. The number of carbonyl (C=O) groups is 2. The molecule has 9 nitrogen and oxygen atoms in total. The summed E-state index contributed by atoms with van der Waals surface area (Å²) in [5.41, 5.74) is -0.491. The third-order valence-corrected chi connectivity index (χ3v) is 5.04. The van der Waals surface area contributed by atoms with Crippen LogP contribution < -0.4 is 10.6 Å². The Morgan fingerprint density at radius 2 is 1.77 bits per heavy atom. The Hall–Kier alpha value is -1.30. The summed E-state index contributed by atoms with van der Waals surface area (Å²) < 4.78 is 5.35. The van der Waals surface area contributed by atoms with Crippen molar-refractivity contribution in [1.82, 2.24) is 25.3 Å². The number of nitrogens with one attached hydrogen (secondary N) is 2. The third kappa shape index (κ3) is 9.23. The fourth-order valence-corrected chi connectivity index (χ4v) is 3.55. The summed E-state index contributed by atoms with van der Waals surface area (Å²) in [4.78, 5) is 34.6. The normalized spacial score (nSPS) is 20.6. The minimum atomic E-state index is -0.491. The number of carbonyl (C=O) groups excluding carboxylic acids is 2. The zero-order chi connectivity index (χ0) is 21.4. The van der Waals surface area contributed by atoms with E-state index in [4.69, 9.17) is 9.73 Å². The standard InChI is InChI=1S/C20H38N6O3.HI/c1-6-21-18(22-8-10-24-11-13-25(14-12-24)16(2)27)26-9-7-17(15-26)23-19(28)29-20(3,4)5;/h17H,6-15H2,1-5H3,(H,21,22)(H,23,28);1H. The summed E-state index contributed by atoms with van der Waals surface area (Å²) >= 11 is 0. The van der Waals surface area contributed by atoms with E-state index in [9.17, 15) is 9.59 Å². The molecular formula is C20H39IN6O3. The largest absolute Gasteiger partial charge is 0.444 e. The van der Waals surface area contributed by atoms with Crippen LogP contribution in [0.1, 0.15) is 41.0 Å². The molecule has 2 aliphatic heterocycles. The summed E-state index contributed by atoms with van der Waals surface area (Å²) in [7, 11) is 0. The van der Waals surface area contributed by atoms with Crippen molar-refractivity contribution in [2.45, 2.75) is 52.7 Å². The molecule has 0 bridgehead atoms. The van der Waals surface area contributed by atoms with Crippen LogP contribution in [0, 0.1) is 0 Å². The van der Waals surface area contributed by atoms with Crippen LogP contribution in [-0.4, -0.2) is 103 Å². The summed E-state index contributed by atoms with van der Waals surface area (Å²) in [6.07, 6.45) is 0.507. The van der Waals surface area contributed by atoms with Gasteiger partial charge in [-0.05, 0) is 34.1 Å². The fraction of sp³-hybridized carbons (Fsp3) is 0.850. The number of ether oxygens (including phenoxy) is 1. The molecule has 2 amide bonds. The fourth-order valence-electron chi connectivity index (χ4n) is 3.55. The van der Waals surface area contributed by atoms with Gasteiger partial charge in [0.05, 0.1) is 12.6 Å². The molecule has 0 aromatic heterocycles. The second kappa shape index (κ2) is 12.5. The van der Waals surface area contributed by atoms with Gasteiger partial charge in [-0.1, -0.05) is 0 Å². The zero-order valence-electron chi connectivity index (χ0n) is 19.1. The van der Waals surface area contributed by atoms with E-state index in [0.717, 1.165) is 64.7 Å². The molecule has 2 heterocycles. The number of piperazine rings is 1. The van der Waals surface area contributed by atoms with Crippen LogP contribution in [0.25, 0.3) is 0 Å². The number of rotatable bonds is 5. The Bertz CT molecular complexity index is 588. The number of nitrogens with zero attached hydrogens (tertiary/aromatic N) is 4. The number of halogens is 1. The van der Waals surface area contributed by atoms with Crippen molar-refractivity contribution < 1.29 is 14.3 Å². The number of aliphatic imine (C=N–C) groups is 1. The second-order valence-electron chi connectivity index (χ2n) is 8.66. The van der Waals surface area contributed by atoms with Gasteiger partial charge >= 0.3 is 6.09 Å². The van der Waals surface area contributed by atoms with Crippen molar-refractivity contribution in [3.63, 3.8) is 0 Å². The quantitative estimate of drug-likeness (QED) is 0.312. The molecule has 1 atom stereocenters. The first kappa shape index (κ1) is 26.7. The van der Waals surface area contributed by atoms with Crippen LogP contribution in [0.5, 0.6) is 0 Å². The Balaban J connectivity index is 0.00000450. The number of hydrogen-bond donors (Lipinski definition) is 2. The maximum Gasteiger partial charge on any atom is 0.407 e. The maximum absolute atomic E-state index is 12.0. The van der Waals surface area contributed by atoms with Crippen molar-refractivity contribution in [3.8, 4) is 0 Å². The molecule has 0 radical (unpaired) electrons. The SMILES string of the molecule is CCNC(=NCCN1CCN(C(C)=O)CC1)N1CCC(NC(=O)OC(C)(C)C)C1.I. The minimum absolute atomic E-state index is 0. The lowest BCUT2D eigenvalue weighted by atomic mass is 10.2. The lowest BCUT2D eigenvalue weighted by Gasteiger charge is -2.33. The van der Waals surface area contributed by atoms with Gasteiger partial charge in [-0.15, -0.1) is 24.0 Å². The van der Waals surface area contributed by atoms with Gasteiger partial charge in [0.2, 0.25) is 5.91 Å². The maximum atomic E-state index is 12.0. The second-order valence-corrected chi connectivity index (χ2v) is 8.66. The average molecular weight is 538 g/mol. The van der Waals surface area contributed by atoms with Gasteiger partial charge in [-0.2, -0.15) is 0 Å². The van der Waals surface area contributed by atoms with Crippen molar-refractivity contribution in [2.24, 2.45) is 4.99 Å². The molecule has 2 saturated heterocycles. The molecule has 0 aromatic carbocycles. The summed E-state index contributed by atoms with van der Waals surface area (Å²) in [6.45, 7) is 16.6.